The molecule has 3 aromatic rings. The number of para-hydroxylation sites is 2. The van der Waals surface area contributed by atoms with E-state index in [1.165, 1.54) is 18.2 Å². The molecule has 3 N–H and O–H groups in total. The predicted octanol–water partition coefficient (Wildman–Crippen LogP) is 3.07. The van der Waals surface area contributed by atoms with Crippen LogP contribution in [0.2, 0.25) is 0 Å². The molecule has 24 heavy (non-hydrogen) atoms. The van der Waals surface area contributed by atoms with E-state index in [-0.39, 0.29) is 12.1 Å². The van der Waals surface area contributed by atoms with E-state index in [4.69, 9.17) is 5.21 Å². The van der Waals surface area contributed by atoms with E-state index in [9.17, 15) is 18.3 Å². The number of aliphatic hydroxyl groups excluding tert-OH is 1. The van der Waals surface area contributed by atoms with E-state index < -0.39 is 18.2 Å². The summed E-state index contributed by atoms with van der Waals surface area (Å²) in [7, 11) is 0. The van der Waals surface area contributed by atoms with Crippen molar-refractivity contribution in [3.63, 3.8) is 0 Å². The number of hydrogen-bond donors (Lipinski definition) is 3. The van der Waals surface area contributed by atoms with Crippen LogP contribution in [0.4, 0.5) is 13.2 Å². The molecule has 8 heteroatoms. The van der Waals surface area contributed by atoms with Crippen LogP contribution in [0.5, 0.6) is 0 Å². The number of benzene rings is 2. The van der Waals surface area contributed by atoms with E-state index in [0.29, 0.717) is 16.6 Å². The maximum atomic E-state index is 13.3. The maximum Gasteiger partial charge on any atom is 0.449 e. The van der Waals surface area contributed by atoms with E-state index >= 15 is 0 Å². The van der Waals surface area contributed by atoms with Crippen molar-refractivity contribution >= 4 is 11.0 Å². The summed E-state index contributed by atoms with van der Waals surface area (Å²) in [5.41, 5.74) is 3.37. The summed E-state index contributed by atoms with van der Waals surface area (Å²) in [6.45, 7) is -0.0156. The van der Waals surface area contributed by atoms with Gasteiger partial charge in [-0.1, -0.05) is 36.4 Å². The number of alkyl halides is 3. The second-order valence-corrected chi connectivity index (χ2v) is 5.28. The van der Waals surface area contributed by atoms with Crippen LogP contribution in [0.1, 0.15) is 23.2 Å². The van der Waals surface area contributed by atoms with Crippen LogP contribution in [0.15, 0.2) is 48.5 Å². The second kappa shape index (κ2) is 6.23. The Morgan fingerprint density at radius 1 is 1.08 bits per heavy atom. The molecule has 0 spiro atoms. The zero-order chi connectivity index (χ0) is 17.3. The van der Waals surface area contributed by atoms with Crippen molar-refractivity contribution in [1.29, 1.82) is 0 Å². The summed E-state index contributed by atoms with van der Waals surface area (Å²) in [6.07, 6.45) is -5.81. The van der Waals surface area contributed by atoms with Crippen molar-refractivity contribution in [3.05, 3.63) is 65.5 Å². The monoisotopic (exact) mass is 337 g/mol. The lowest BCUT2D eigenvalue weighted by molar-refractivity contribution is -0.146. The summed E-state index contributed by atoms with van der Waals surface area (Å²) >= 11 is 0. The number of imidazole rings is 1. The number of fused-ring (bicyclic) bond motifs is 1. The molecule has 0 radical (unpaired) electrons. The smallest absolute Gasteiger partial charge is 0.372 e. The van der Waals surface area contributed by atoms with E-state index in [1.54, 1.807) is 35.8 Å². The molecule has 1 aromatic heterocycles. The van der Waals surface area contributed by atoms with Gasteiger partial charge in [0.2, 0.25) is 5.82 Å². The minimum absolute atomic E-state index is 0.0156. The first kappa shape index (κ1) is 16.4. The number of aromatic nitrogens is 2. The zero-order valence-corrected chi connectivity index (χ0v) is 12.3. The van der Waals surface area contributed by atoms with Crippen LogP contribution in [0.25, 0.3) is 11.0 Å². The Hall–Kier alpha value is -2.42. The molecule has 5 nitrogen and oxygen atoms in total. The molecule has 1 unspecified atom stereocenters. The van der Waals surface area contributed by atoms with Crippen LogP contribution in [0, 0.1) is 0 Å². The first-order chi connectivity index (χ1) is 11.4. The minimum Gasteiger partial charge on any atom is -0.372 e. The van der Waals surface area contributed by atoms with Gasteiger partial charge < -0.3 is 14.9 Å². The fraction of sp³-hybridized carbons (Fsp3) is 0.188. The Morgan fingerprint density at radius 3 is 2.38 bits per heavy atom. The van der Waals surface area contributed by atoms with Gasteiger partial charge in [0.1, 0.15) is 0 Å². The molecule has 0 aliphatic carbocycles. The average Bonchev–Trinajstić information content (AvgIpc) is 2.94. The third kappa shape index (κ3) is 3.12. The fourth-order valence-corrected chi connectivity index (χ4v) is 2.51. The van der Waals surface area contributed by atoms with Gasteiger partial charge in [-0.3, -0.25) is 0 Å². The highest BCUT2D eigenvalue weighted by molar-refractivity contribution is 5.76. The standard InChI is InChI=1S/C16H14F3N3O2/c17-16(18,19)15-20-12-3-1-2-4-13(12)22(15)9-10-5-7-11(8-6-10)14(23)21-24/h1-8,14,21,23-24H,9H2. The second-order valence-electron chi connectivity index (χ2n) is 5.28. The fourth-order valence-electron chi connectivity index (χ4n) is 2.51. The summed E-state index contributed by atoms with van der Waals surface area (Å²) in [5.74, 6) is -0.954. The van der Waals surface area contributed by atoms with Gasteiger partial charge >= 0.3 is 6.18 Å². The Labute approximate surface area is 134 Å². The molecule has 3 rings (SSSR count). The van der Waals surface area contributed by atoms with Crippen LogP contribution in [0.3, 0.4) is 0 Å². The molecule has 0 saturated heterocycles. The number of nitrogens with zero attached hydrogens (tertiary/aromatic N) is 2. The van der Waals surface area contributed by atoms with Gasteiger partial charge in [-0.25, -0.2) is 4.98 Å². The van der Waals surface area contributed by atoms with Crippen LogP contribution in [-0.4, -0.2) is 19.9 Å². The van der Waals surface area contributed by atoms with E-state index in [0.717, 1.165) is 4.57 Å². The number of nitrogens with one attached hydrogen (secondary N) is 1. The van der Waals surface area contributed by atoms with Gasteiger partial charge in [-0.15, -0.1) is 0 Å². The topological polar surface area (TPSA) is 70.3 Å². The van der Waals surface area contributed by atoms with Gasteiger partial charge in [-0.05, 0) is 23.3 Å². The molecule has 0 amide bonds. The highest BCUT2D eigenvalue weighted by Gasteiger charge is 2.37. The van der Waals surface area contributed by atoms with Crippen molar-refractivity contribution < 1.29 is 23.5 Å². The minimum atomic E-state index is -4.56. The lowest BCUT2D eigenvalue weighted by Crippen LogP contribution is -2.17. The molecular weight excluding hydrogens is 323 g/mol. The highest BCUT2D eigenvalue weighted by atomic mass is 19.4. The van der Waals surface area contributed by atoms with Crippen LogP contribution < -0.4 is 5.48 Å². The van der Waals surface area contributed by atoms with Gasteiger partial charge in [0.15, 0.2) is 6.23 Å². The first-order valence-electron chi connectivity index (χ1n) is 7.09. The molecule has 0 aliphatic heterocycles. The third-order valence-electron chi connectivity index (χ3n) is 3.67. The van der Waals surface area contributed by atoms with Crippen LogP contribution in [-0.2, 0) is 12.7 Å². The van der Waals surface area contributed by atoms with Gasteiger partial charge in [-0.2, -0.15) is 18.7 Å². The average molecular weight is 337 g/mol. The zero-order valence-electron chi connectivity index (χ0n) is 12.3. The largest absolute Gasteiger partial charge is 0.449 e. The summed E-state index contributed by atoms with van der Waals surface area (Å²) in [6, 6.07) is 12.6. The van der Waals surface area contributed by atoms with E-state index in [1.807, 2.05) is 0 Å². The van der Waals surface area contributed by atoms with Crippen molar-refractivity contribution in [2.45, 2.75) is 18.9 Å². The quantitative estimate of drug-likeness (QED) is 0.505. The lowest BCUT2D eigenvalue weighted by Gasteiger charge is -2.13. The number of hydrogen-bond acceptors (Lipinski definition) is 4. The van der Waals surface area contributed by atoms with Gasteiger partial charge in [0.25, 0.3) is 0 Å². The highest BCUT2D eigenvalue weighted by Crippen LogP contribution is 2.32. The Kier molecular flexibility index (Phi) is 4.27. The number of hydroxylamine groups is 1. The molecule has 126 valence electrons. The molecule has 0 saturated carbocycles. The van der Waals surface area contributed by atoms with E-state index in [2.05, 4.69) is 4.98 Å². The number of halogens is 3. The normalized spacial score (nSPS) is 13.4. The summed E-state index contributed by atoms with van der Waals surface area (Å²) in [4.78, 5) is 3.69. The van der Waals surface area contributed by atoms with Gasteiger partial charge in [0, 0.05) is 6.54 Å². The summed E-state index contributed by atoms with van der Waals surface area (Å²) < 4.78 is 40.9. The molecular formula is C16H14F3N3O2. The molecule has 0 aliphatic rings. The molecule has 2 aromatic carbocycles. The van der Waals surface area contributed by atoms with Crippen molar-refractivity contribution in [2.75, 3.05) is 0 Å². The lowest BCUT2D eigenvalue weighted by atomic mass is 10.1. The predicted molar refractivity (Wildman–Crippen MR) is 80.2 cm³/mol. The van der Waals surface area contributed by atoms with Crippen molar-refractivity contribution in [3.8, 4) is 0 Å². The Morgan fingerprint density at radius 2 is 1.75 bits per heavy atom. The van der Waals surface area contributed by atoms with Crippen molar-refractivity contribution in [1.82, 2.24) is 15.0 Å². The maximum absolute atomic E-state index is 13.3. The Balaban J connectivity index is 2.00. The SMILES string of the molecule is ONC(O)c1ccc(Cn2c(C(F)(F)F)nc3ccccc32)cc1. The number of rotatable bonds is 4. The van der Waals surface area contributed by atoms with Crippen LogP contribution >= 0.6 is 0 Å². The molecule has 1 heterocycles. The molecule has 1 atom stereocenters. The molecule has 0 bridgehead atoms. The molecule has 0 fully saturated rings. The third-order valence-corrected chi connectivity index (χ3v) is 3.67. The number of aliphatic hydroxyl groups is 1. The van der Waals surface area contributed by atoms with Gasteiger partial charge in [0.05, 0.1) is 11.0 Å². The summed E-state index contributed by atoms with van der Waals surface area (Å²) in [5, 5.41) is 18.1. The van der Waals surface area contributed by atoms with Crippen molar-refractivity contribution in [2.24, 2.45) is 0 Å². The first-order valence-corrected chi connectivity index (χ1v) is 7.09. The Bertz CT molecular complexity index is 844.